The van der Waals surface area contributed by atoms with Gasteiger partial charge in [-0.3, -0.25) is 4.90 Å². The summed E-state index contributed by atoms with van der Waals surface area (Å²) in [5.41, 5.74) is 0. The van der Waals surface area contributed by atoms with Crippen molar-refractivity contribution in [2.45, 2.75) is 19.9 Å². The zero-order valence-corrected chi connectivity index (χ0v) is 11.6. The van der Waals surface area contributed by atoms with Gasteiger partial charge in [-0.1, -0.05) is 6.92 Å². The van der Waals surface area contributed by atoms with Crippen LogP contribution in [0.2, 0.25) is 0 Å². The molecule has 2 rings (SSSR count). The highest BCUT2D eigenvalue weighted by Crippen LogP contribution is 2.23. The zero-order valence-electron chi connectivity index (χ0n) is 10.8. The molecule has 0 bridgehead atoms. The van der Waals surface area contributed by atoms with Crippen LogP contribution in [-0.2, 0) is 6.54 Å². The lowest BCUT2D eigenvalue weighted by Crippen LogP contribution is -2.46. The van der Waals surface area contributed by atoms with Crippen molar-refractivity contribution in [1.82, 2.24) is 15.2 Å². The average Bonchev–Trinajstić information content (AvgIpc) is 2.80. The second-order valence-electron chi connectivity index (χ2n) is 4.47. The van der Waals surface area contributed by atoms with E-state index in [4.69, 9.17) is 0 Å². The van der Waals surface area contributed by atoms with E-state index in [1.165, 1.54) is 36.1 Å². The summed E-state index contributed by atoms with van der Waals surface area (Å²) in [6.45, 7) is 8.99. The molecule has 0 aliphatic carbocycles. The molecule has 0 unspecified atom stereocenters. The molecule has 0 amide bonds. The molecule has 1 aliphatic rings. The van der Waals surface area contributed by atoms with Crippen LogP contribution < -0.4 is 10.2 Å². The maximum absolute atomic E-state index is 4.52. The Morgan fingerprint density at radius 2 is 2.12 bits per heavy atom. The predicted molar refractivity (Wildman–Crippen MR) is 73.8 cm³/mol. The van der Waals surface area contributed by atoms with E-state index in [1.807, 2.05) is 24.6 Å². The van der Waals surface area contributed by atoms with Crippen LogP contribution in [-0.4, -0.2) is 49.7 Å². The number of hydrogen-bond acceptors (Lipinski definition) is 5. The maximum atomic E-state index is 4.52. The van der Waals surface area contributed by atoms with Gasteiger partial charge in [0.05, 0.1) is 0 Å². The van der Waals surface area contributed by atoms with E-state index in [2.05, 4.69) is 27.0 Å². The van der Waals surface area contributed by atoms with Gasteiger partial charge >= 0.3 is 0 Å². The van der Waals surface area contributed by atoms with E-state index in [-0.39, 0.29) is 0 Å². The first-order valence-electron chi connectivity index (χ1n) is 6.40. The van der Waals surface area contributed by atoms with Gasteiger partial charge in [0.1, 0.15) is 0 Å². The molecule has 1 saturated heterocycles. The van der Waals surface area contributed by atoms with Crippen molar-refractivity contribution >= 4 is 16.5 Å². The fourth-order valence-corrected chi connectivity index (χ4v) is 3.15. The average molecular weight is 254 g/mol. The monoisotopic (exact) mass is 254 g/mol. The topological polar surface area (TPSA) is 31.4 Å². The first-order chi connectivity index (χ1) is 8.33. The van der Waals surface area contributed by atoms with Gasteiger partial charge in [-0.05, 0) is 20.0 Å². The Balaban J connectivity index is 1.86. The third kappa shape index (κ3) is 3.40. The molecule has 17 heavy (non-hydrogen) atoms. The molecule has 1 fully saturated rings. The third-order valence-electron chi connectivity index (χ3n) is 3.08. The van der Waals surface area contributed by atoms with Crippen molar-refractivity contribution in [2.24, 2.45) is 0 Å². The van der Waals surface area contributed by atoms with E-state index in [0.29, 0.717) is 0 Å². The van der Waals surface area contributed by atoms with Crippen LogP contribution in [0.3, 0.4) is 0 Å². The number of hydrogen-bond donors (Lipinski definition) is 1. The smallest absolute Gasteiger partial charge is 0.185 e. The van der Waals surface area contributed by atoms with Gasteiger partial charge in [0.15, 0.2) is 5.13 Å². The highest BCUT2D eigenvalue weighted by atomic mass is 32.1. The van der Waals surface area contributed by atoms with Crippen molar-refractivity contribution in [3.8, 4) is 0 Å². The minimum Gasteiger partial charge on any atom is -0.346 e. The number of anilines is 1. The van der Waals surface area contributed by atoms with Crippen LogP contribution in [0.5, 0.6) is 0 Å². The molecule has 0 saturated carbocycles. The Morgan fingerprint density at radius 1 is 1.35 bits per heavy atom. The fourth-order valence-electron chi connectivity index (χ4n) is 2.18. The van der Waals surface area contributed by atoms with E-state index in [0.717, 1.165) is 19.6 Å². The normalized spacial score (nSPS) is 17.6. The van der Waals surface area contributed by atoms with Crippen LogP contribution in [0.4, 0.5) is 5.13 Å². The van der Waals surface area contributed by atoms with Gasteiger partial charge in [0.25, 0.3) is 0 Å². The molecule has 1 aromatic heterocycles. The Morgan fingerprint density at radius 3 is 2.76 bits per heavy atom. The van der Waals surface area contributed by atoms with Crippen LogP contribution in [0.15, 0.2) is 6.20 Å². The number of aromatic nitrogens is 1. The molecule has 0 spiro atoms. The first-order valence-corrected chi connectivity index (χ1v) is 7.21. The van der Waals surface area contributed by atoms with Crippen LogP contribution >= 0.6 is 11.3 Å². The van der Waals surface area contributed by atoms with Gasteiger partial charge in [-0.2, -0.15) is 0 Å². The molecule has 5 heteroatoms. The second-order valence-corrected chi connectivity index (χ2v) is 5.56. The molecule has 4 nitrogen and oxygen atoms in total. The summed E-state index contributed by atoms with van der Waals surface area (Å²) < 4.78 is 0. The van der Waals surface area contributed by atoms with Gasteiger partial charge in [0.2, 0.25) is 0 Å². The number of piperazine rings is 1. The Kier molecular flexibility index (Phi) is 4.76. The van der Waals surface area contributed by atoms with Crippen LogP contribution in [0.25, 0.3) is 0 Å². The lowest BCUT2D eigenvalue weighted by Gasteiger charge is -2.34. The molecule has 0 aromatic carbocycles. The van der Waals surface area contributed by atoms with Crippen molar-refractivity contribution < 1.29 is 0 Å². The minimum atomic E-state index is 0.924. The number of rotatable bonds is 5. The standard InChI is InChI=1S/C12H22N4S/c1-3-4-15-5-7-16(8-6-15)12-14-10-11(17-12)9-13-2/h10,13H,3-9H2,1-2H3. The molecular weight excluding hydrogens is 232 g/mol. The van der Waals surface area contributed by atoms with E-state index in [9.17, 15) is 0 Å². The minimum absolute atomic E-state index is 0.924. The summed E-state index contributed by atoms with van der Waals surface area (Å²) in [5.74, 6) is 0. The van der Waals surface area contributed by atoms with Crippen LogP contribution in [0.1, 0.15) is 18.2 Å². The largest absolute Gasteiger partial charge is 0.346 e. The van der Waals surface area contributed by atoms with E-state index >= 15 is 0 Å². The van der Waals surface area contributed by atoms with E-state index < -0.39 is 0 Å². The number of nitrogens with zero attached hydrogens (tertiary/aromatic N) is 3. The fraction of sp³-hybridized carbons (Fsp3) is 0.750. The highest BCUT2D eigenvalue weighted by Gasteiger charge is 2.18. The molecule has 0 radical (unpaired) electrons. The highest BCUT2D eigenvalue weighted by molar-refractivity contribution is 7.15. The Bertz CT molecular complexity index is 331. The van der Waals surface area contributed by atoms with Gasteiger partial charge in [-0.15, -0.1) is 11.3 Å². The summed E-state index contributed by atoms with van der Waals surface area (Å²) in [7, 11) is 1.98. The van der Waals surface area contributed by atoms with Gasteiger partial charge in [-0.25, -0.2) is 4.98 Å². The number of nitrogens with one attached hydrogen (secondary N) is 1. The maximum Gasteiger partial charge on any atom is 0.185 e. The van der Waals surface area contributed by atoms with Crippen molar-refractivity contribution in [1.29, 1.82) is 0 Å². The Labute approximate surface area is 108 Å². The van der Waals surface area contributed by atoms with Gasteiger partial charge in [0, 0.05) is 43.8 Å². The molecule has 2 heterocycles. The summed E-state index contributed by atoms with van der Waals surface area (Å²) in [6.07, 6.45) is 3.25. The van der Waals surface area contributed by atoms with Crippen molar-refractivity contribution in [3.05, 3.63) is 11.1 Å². The first kappa shape index (κ1) is 12.8. The SMILES string of the molecule is CCCN1CCN(c2ncc(CNC)s2)CC1. The lowest BCUT2D eigenvalue weighted by atomic mass is 10.3. The summed E-state index contributed by atoms with van der Waals surface area (Å²) >= 11 is 1.81. The van der Waals surface area contributed by atoms with Gasteiger partial charge < -0.3 is 10.2 Å². The lowest BCUT2D eigenvalue weighted by molar-refractivity contribution is 0.258. The molecule has 1 N–H and O–H groups in total. The summed E-state index contributed by atoms with van der Waals surface area (Å²) in [5, 5.41) is 4.35. The summed E-state index contributed by atoms with van der Waals surface area (Å²) in [6, 6.07) is 0. The predicted octanol–water partition coefficient (Wildman–Crippen LogP) is 1.39. The van der Waals surface area contributed by atoms with Crippen molar-refractivity contribution in [2.75, 3.05) is 44.7 Å². The quantitative estimate of drug-likeness (QED) is 0.860. The zero-order chi connectivity index (χ0) is 12.1. The molecule has 1 aliphatic heterocycles. The second kappa shape index (κ2) is 6.33. The van der Waals surface area contributed by atoms with Crippen LogP contribution in [0, 0.1) is 0 Å². The van der Waals surface area contributed by atoms with E-state index in [1.54, 1.807) is 0 Å². The van der Waals surface area contributed by atoms with Crippen molar-refractivity contribution in [3.63, 3.8) is 0 Å². The molecule has 0 atom stereocenters. The summed E-state index contributed by atoms with van der Waals surface area (Å²) in [4.78, 5) is 10.8. The third-order valence-corrected chi connectivity index (χ3v) is 4.13. The Hall–Kier alpha value is -0.650. The molecular formula is C12H22N4S. The molecule has 96 valence electrons. The molecule has 1 aromatic rings. The number of thiazole rings is 1.